The summed E-state index contributed by atoms with van der Waals surface area (Å²) in [6.07, 6.45) is 0.853. The summed E-state index contributed by atoms with van der Waals surface area (Å²) in [6, 6.07) is 3.46. The Labute approximate surface area is 102 Å². The normalized spacial score (nSPS) is 10.9. The number of rotatable bonds is 4. The first kappa shape index (κ1) is 13.9. The average molecular weight is 274 g/mol. The first-order valence-corrected chi connectivity index (χ1v) is 6.70. The molecule has 0 aliphatic rings. The highest BCUT2D eigenvalue weighted by molar-refractivity contribution is 7.91. The minimum atomic E-state index is -3.55. The number of nitro groups is 1. The van der Waals surface area contributed by atoms with Gasteiger partial charge in [-0.2, -0.15) is 0 Å². The van der Waals surface area contributed by atoms with Crippen LogP contribution in [0.4, 0.5) is 11.4 Å². The second-order valence-corrected chi connectivity index (χ2v) is 5.69. The summed E-state index contributed by atoms with van der Waals surface area (Å²) in [5, 5.41) is 22.1. The van der Waals surface area contributed by atoms with Gasteiger partial charge in [0.1, 0.15) is 11.5 Å². The fraction of sp³-hybridized carbons (Fsp3) is 0.222. The maximum atomic E-state index is 11.3. The van der Waals surface area contributed by atoms with Crippen molar-refractivity contribution >= 4 is 27.1 Å². The molecule has 0 saturated carbocycles. The largest absolute Gasteiger partial charge is 0.505 e. The molecule has 0 spiro atoms. The van der Waals surface area contributed by atoms with E-state index in [1.165, 1.54) is 6.07 Å². The van der Waals surface area contributed by atoms with Gasteiger partial charge in [0.25, 0.3) is 5.69 Å². The molecule has 0 fully saturated rings. The van der Waals surface area contributed by atoms with Crippen LogP contribution in [0.25, 0.3) is 0 Å². The third-order valence-corrected chi connectivity index (χ3v) is 2.66. The van der Waals surface area contributed by atoms with Gasteiger partial charge < -0.3 is 10.4 Å². The molecule has 0 atom stereocenters. The van der Waals surface area contributed by atoms with Crippen LogP contribution in [0, 0.1) is 10.1 Å². The zero-order chi connectivity index (χ0) is 13.9. The fourth-order valence-corrected chi connectivity index (χ4v) is 1.77. The monoisotopic (exact) mass is 274 g/mol. The van der Waals surface area contributed by atoms with Gasteiger partial charge in [-0.15, -0.1) is 0 Å². The van der Waals surface area contributed by atoms with Gasteiger partial charge in [-0.3, -0.25) is 14.9 Å². The molecular weight excluding hydrogens is 264 g/mol. The predicted molar refractivity (Wildman–Crippen MR) is 63.1 cm³/mol. The molecule has 18 heavy (non-hydrogen) atoms. The third kappa shape index (κ3) is 3.70. The molecule has 9 heteroatoms. The highest BCUT2D eigenvalue weighted by Gasteiger charge is 2.21. The van der Waals surface area contributed by atoms with Crippen LogP contribution >= 0.6 is 0 Å². The molecule has 98 valence electrons. The van der Waals surface area contributed by atoms with Gasteiger partial charge in [0, 0.05) is 12.3 Å². The first-order valence-electron chi connectivity index (χ1n) is 4.64. The second kappa shape index (κ2) is 5.00. The Hall–Kier alpha value is -2.16. The average Bonchev–Trinajstić information content (AvgIpc) is 2.17. The van der Waals surface area contributed by atoms with Crippen molar-refractivity contribution in [2.45, 2.75) is 0 Å². The summed E-state index contributed by atoms with van der Waals surface area (Å²) in [5.41, 5.74) is -0.937. The smallest absolute Gasteiger partial charge is 0.296 e. The van der Waals surface area contributed by atoms with Crippen molar-refractivity contribution in [3.05, 3.63) is 28.3 Å². The minimum absolute atomic E-state index is 0.420. The quantitative estimate of drug-likeness (QED) is 0.461. The van der Waals surface area contributed by atoms with Crippen LogP contribution in [0.15, 0.2) is 18.2 Å². The standard InChI is InChI=1S/C9H10N2O6S/c1-18(16,17)5-8(13)10-9-6(11(14)15)3-2-4-7(9)12/h2-4,12H,5H2,1H3,(H,10,13). The van der Waals surface area contributed by atoms with E-state index in [9.17, 15) is 28.4 Å². The number of benzene rings is 1. The molecule has 1 amide bonds. The van der Waals surface area contributed by atoms with Crippen molar-refractivity contribution in [1.82, 2.24) is 0 Å². The number of carbonyl (C=O) groups is 1. The van der Waals surface area contributed by atoms with Crippen LogP contribution < -0.4 is 5.32 Å². The Kier molecular flexibility index (Phi) is 3.86. The molecule has 8 nitrogen and oxygen atoms in total. The Balaban J connectivity index is 3.04. The van der Waals surface area contributed by atoms with E-state index in [-0.39, 0.29) is 0 Å². The summed E-state index contributed by atoms with van der Waals surface area (Å²) < 4.78 is 21.8. The zero-order valence-corrected chi connectivity index (χ0v) is 10.1. The lowest BCUT2D eigenvalue weighted by Gasteiger charge is -2.06. The number of nitrogens with one attached hydrogen (secondary N) is 1. The van der Waals surface area contributed by atoms with Crippen LogP contribution in [0.1, 0.15) is 0 Å². The topological polar surface area (TPSA) is 127 Å². The zero-order valence-electron chi connectivity index (χ0n) is 9.28. The molecule has 0 radical (unpaired) electrons. The number of anilines is 1. The fourth-order valence-electron chi connectivity index (χ4n) is 1.22. The number of nitrogens with zero attached hydrogens (tertiary/aromatic N) is 1. The van der Waals surface area contributed by atoms with Crippen LogP contribution in [0.3, 0.4) is 0 Å². The molecule has 0 bridgehead atoms. The summed E-state index contributed by atoms with van der Waals surface area (Å²) in [5.74, 6) is -2.29. The molecule has 0 aliphatic carbocycles. The molecule has 0 aromatic heterocycles. The predicted octanol–water partition coefficient (Wildman–Crippen LogP) is 0.283. The van der Waals surface area contributed by atoms with Crippen LogP contribution in [0.5, 0.6) is 5.75 Å². The van der Waals surface area contributed by atoms with Gasteiger partial charge in [-0.25, -0.2) is 8.42 Å². The van der Waals surface area contributed by atoms with Gasteiger partial charge in [0.05, 0.1) is 4.92 Å². The van der Waals surface area contributed by atoms with E-state index >= 15 is 0 Å². The summed E-state index contributed by atoms with van der Waals surface area (Å²) >= 11 is 0. The van der Waals surface area contributed by atoms with Gasteiger partial charge in [0.2, 0.25) is 5.91 Å². The summed E-state index contributed by atoms with van der Waals surface area (Å²) in [7, 11) is -3.55. The van der Waals surface area contributed by atoms with Crippen molar-refractivity contribution in [3.8, 4) is 5.75 Å². The van der Waals surface area contributed by atoms with Crippen LogP contribution in [-0.2, 0) is 14.6 Å². The number of para-hydroxylation sites is 1. The van der Waals surface area contributed by atoms with Gasteiger partial charge in [-0.1, -0.05) is 6.07 Å². The minimum Gasteiger partial charge on any atom is -0.505 e. The molecule has 1 aromatic carbocycles. The van der Waals surface area contributed by atoms with E-state index < -0.39 is 43.5 Å². The SMILES string of the molecule is CS(=O)(=O)CC(=O)Nc1c(O)cccc1[N+](=O)[O-]. The number of phenolic OH excluding ortho intramolecular Hbond substituents is 1. The molecule has 0 unspecified atom stereocenters. The van der Waals surface area contributed by atoms with E-state index in [1.54, 1.807) is 0 Å². The van der Waals surface area contributed by atoms with Crippen molar-refractivity contribution in [3.63, 3.8) is 0 Å². The number of amides is 1. The van der Waals surface area contributed by atoms with Gasteiger partial charge in [-0.05, 0) is 6.07 Å². The number of hydrogen-bond acceptors (Lipinski definition) is 6. The molecule has 0 aliphatic heterocycles. The van der Waals surface area contributed by atoms with E-state index in [4.69, 9.17) is 0 Å². The van der Waals surface area contributed by atoms with Gasteiger partial charge in [0.15, 0.2) is 15.5 Å². The maximum Gasteiger partial charge on any atom is 0.296 e. The first-order chi connectivity index (χ1) is 8.20. The van der Waals surface area contributed by atoms with Crippen molar-refractivity contribution in [2.75, 3.05) is 17.3 Å². The molecular formula is C9H10N2O6S. The van der Waals surface area contributed by atoms with E-state index in [0.29, 0.717) is 0 Å². The highest BCUT2D eigenvalue weighted by atomic mass is 32.2. The number of aromatic hydroxyl groups is 1. The summed E-state index contributed by atoms with van der Waals surface area (Å²) in [4.78, 5) is 21.2. The summed E-state index contributed by atoms with van der Waals surface area (Å²) in [6.45, 7) is 0. The van der Waals surface area contributed by atoms with Crippen LogP contribution in [0.2, 0.25) is 0 Å². The van der Waals surface area contributed by atoms with Crippen molar-refractivity contribution < 1.29 is 23.2 Å². The lowest BCUT2D eigenvalue weighted by Crippen LogP contribution is -2.22. The van der Waals surface area contributed by atoms with Crippen LogP contribution in [-0.4, -0.2) is 36.4 Å². The van der Waals surface area contributed by atoms with E-state index in [2.05, 4.69) is 0 Å². The Morgan fingerprint density at radius 3 is 2.61 bits per heavy atom. The van der Waals surface area contributed by atoms with Crippen molar-refractivity contribution in [2.24, 2.45) is 0 Å². The molecule has 0 heterocycles. The maximum absolute atomic E-state index is 11.3. The molecule has 1 aromatic rings. The molecule has 2 N–H and O–H groups in total. The number of hydrogen-bond donors (Lipinski definition) is 2. The number of carbonyl (C=O) groups excluding carboxylic acids is 1. The van der Waals surface area contributed by atoms with Gasteiger partial charge >= 0.3 is 0 Å². The lowest BCUT2D eigenvalue weighted by atomic mass is 10.2. The van der Waals surface area contributed by atoms with E-state index in [1.807, 2.05) is 5.32 Å². The Bertz CT molecular complexity index is 595. The number of nitro benzene ring substituents is 1. The molecule has 0 saturated heterocycles. The Morgan fingerprint density at radius 1 is 1.50 bits per heavy atom. The van der Waals surface area contributed by atoms with E-state index in [0.717, 1.165) is 18.4 Å². The lowest BCUT2D eigenvalue weighted by molar-refractivity contribution is -0.384. The van der Waals surface area contributed by atoms with Crippen molar-refractivity contribution in [1.29, 1.82) is 0 Å². The molecule has 1 rings (SSSR count). The highest BCUT2D eigenvalue weighted by Crippen LogP contribution is 2.32. The second-order valence-electron chi connectivity index (χ2n) is 3.55. The number of phenols is 1. The number of sulfone groups is 1. The Morgan fingerprint density at radius 2 is 2.11 bits per heavy atom. The third-order valence-electron chi connectivity index (χ3n) is 1.87.